The quantitative estimate of drug-likeness (QED) is 0.591. The minimum atomic E-state index is 0.635. The summed E-state index contributed by atoms with van der Waals surface area (Å²) in [6.45, 7) is 12.3. The number of ether oxygens (including phenoxy) is 3. The normalized spacial score (nSPS) is 21.2. The van der Waals surface area contributed by atoms with Gasteiger partial charge in [-0.2, -0.15) is 0 Å². The molecular formula is C14H30N2O3. The molecular weight excluding hydrogens is 244 g/mol. The third-order valence-electron chi connectivity index (χ3n) is 3.49. The maximum atomic E-state index is 5.62. The molecule has 19 heavy (non-hydrogen) atoms. The summed E-state index contributed by atoms with van der Waals surface area (Å²) in [4.78, 5) is 2.53. The lowest BCUT2D eigenvalue weighted by Gasteiger charge is -2.38. The second-order valence-corrected chi connectivity index (χ2v) is 5.27. The van der Waals surface area contributed by atoms with Crippen molar-refractivity contribution in [2.24, 2.45) is 5.92 Å². The number of hydrogen-bond acceptors (Lipinski definition) is 5. The van der Waals surface area contributed by atoms with Crippen molar-refractivity contribution in [3.8, 4) is 0 Å². The van der Waals surface area contributed by atoms with Gasteiger partial charge in [0.25, 0.3) is 0 Å². The van der Waals surface area contributed by atoms with Crippen LogP contribution in [0.3, 0.4) is 0 Å². The van der Waals surface area contributed by atoms with Crippen LogP contribution in [0, 0.1) is 5.92 Å². The first-order chi connectivity index (χ1) is 9.25. The summed E-state index contributed by atoms with van der Waals surface area (Å²) in [5, 5.41) is 3.46. The average molecular weight is 274 g/mol. The largest absolute Gasteiger partial charge is 0.382 e. The standard InChI is InChI=1S/C14H30N2O3/c1-13(2)14-12-15-4-5-16(14)6-7-18-10-11-19-9-8-17-3/h13-15H,4-12H2,1-3H3. The maximum Gasteiger partial charge on any atom is 0.0701 e. The first-order valence-corrected chi connectivity index (χ1v) is 7.35. The molecule has 1 unspecified atom stereocenters. The van der Waals surface area contributed by atoms with E-state index in [2.05, 4.69) is 24.1 Å². The fraction of sp³-hybridized carbons (Fsp3) is 1.00. The number of rotatable bonds is 10. The van der Waals surface area contributed by atoms with E-state index in [1.807, 2.05) is 0 Å². The summed E-state index contributed by atoms with van der Waals surface area (Å²) < 4.78 is 15.9. The van der Waals surface area contributed by atoms with Crippen LogP contribution in [-0.2, 0) is 14.2 Å². The number of nitrogens with one attached hydrogen (secondary N) is 1. The van der Waals surface area contributed by atoms with E-state index in [0.717, 1.165) is 32.8 Å². The van der Waals surface area contributed by atoms with Crippen molar-refractivity contribution in [1.82, 2.24) is 10.2 Å². The van der Waals surface area contributed by atoms with Crippen molar-refractivity contribution >= 4 is 0 Å². The Hall–Kier alpha value is -0.200. The predicted molar refractivity (Wildman–Crippen MR) is 76.6 cm³/mol. The summed E-state index contributed by atoms with van der Waals surface area (Å²) in [5.74, 6) is 0.685. The zero-order valence-electron chi connectivity index (χ0n) is 12.7. The Morgan fingerprint density at radius 2 is 1.79 bits per heavy atom. The molecule has 0 aliphatic carbocycles. The molecule has 0 radical (unpaired) electrons. The Morgan fingerprint density at radius 3 is 2.47 bits per heavy atom. The molecule has 5 heteroatoms. The fourth-order valence-corrected chi connectivity index (χ4v) is 2.35. The topological polar surface area (TPSA) is 43.0 Å². The summed E-state index contributed by atoms with van der Waals surface area (Å²) >= 11 is 0. The minimum Gasteiger partial charge on any atom is -0.382 e. The Balaban J connectivity index is 2.01. The second kappa shape index (κ2) is 10.6. The monoisotopic (exact) mass is 274 g/mol. The molecule has 1 atom stereocenters. The third kappa shape index (κ3) is 7.22. The Kier molecular flexibility index (Phi) is 9.38. The Morgan fingerprint density at radius 1 is 1.11 bits per heavy atom. The summed E-state index contributed by atoms with van der Waals surface area (Å²) in [6.07, 6.45) is 0. The summed E-state index contributed by atoms with van der Waals surface area (Å²) in [7, 11) is 1.68. The minimum absolute atomic E-state index is 0.635. The molecule has 0 spiro atoms. The molecule has 5 nitrogen and oxygen atoms in total. The van der Waals surface area contributed by atoms with Crippen molar-refractivity contribution < 1.29 is 14.2 Å². The van der Waals surface area contributed by atoms with Gasteiger partial charge in [-0.3, -0.25) is 4.90 Å². The van der Waals surface area contributed by atoms with Gasteiger partial charge in [-0.15, -0.1) is 0 Å². The van der Waals surface area contributed by atoms with Gasteiger partial charge in [-0.25, -0.2) is 0 Å². The Bertz CT molecular complexity index is 215. The van der Waals surface area contributed by atoms with Gasteiger partial charge < -0.3 is 19.5 Å². The lowest BCUT2D eigenvalue weighted by molar-refractivity contribution is 0.0120. The van der Waals surface area contributed by atoms with Crippen LogP contribution < -0.4 is 5.32 Å². The molecule has 0 amide bonds. The highest BCUT2D eigenvalue weighted by Gasteiger charge is 2.24. The van der Waals surface area contributed by atoms with E-state index in [-0.39, 0.29) is 0 Å². The summed E-state index contributed by atoms with van der Waals surface area (Å²) in [5.41, 5.74) is 0. The molecule has 0 saturated carbocycles. The van der Waals surface area contributed by atoms with Crippen LogP contribution in [0.25, 0.3) is 0 Å². The van der Waals surface area contributed by atoms with Crippen LogP contribution in [-0.4, -0.2) is 77.3 Å². The molecule has 0 aromatic rings. The van der Waals surface area contributed by atoms with Gasteiger partial charge in [-0.1, -0.05) is 13.8 Å². The molecule has 1 fully saturated rings. The lowest BCUT2D eigenvalue weighted by atomic mass is 10.0. The Labute approximate surface area is 117 Å². The van der Waals surface area contributed by atoms with Crippen LogP contribution in [0.2, 0.25) is 0 Å². The number of hydrogen-bond donors (Lipinski definition) is 1. The second-order valence-electron chi connectivity index (χ2n) is 5.27. The van der Waals surface area contributed by atoms with E-state index < -0.39 is 0 Å². The van der Waals surface area contributed by atoms with Crippen LogP contribution in [0.5, 0.6) is 0 Å². The maximum absolute atomic E-state index is 5.62. The number of piperazine rings is 1. The fourth-order valence-electron chi connectivity index (χ4n) is 2.35. The van der Waals surface area contributed by atoms with E-state index in [1.54, 1.807) is 7.11 Å². The van der Waals surface area contributed by atoms with E-state index in [4.69, 9.17) is 14.2 Å². The van der Waals surface area contributed by atoms with Gasteiger partial charge in [0.1, 0.15) is 0 Å². The van der Waals surface area contributed by atoms with E-state index in [0.29, 0.717) is 38.4 Å². The van der Waals surface area contributed by atoms with Crippen LogP contribution in [0.15, 0.2) is 0 Å². The van der Waals surface area contributed by atoms with Gasteiger partial charge >= 0.3 is 0 Å². The smallest absolute Gasteiger partial charge is 0.0701 e. The van der Waals surface area contributed by atoms with Crippen molar-refractivity contribution in [3.63, 3.8) is 0 Å². The molecule has 114 valence electrons. The number of nitrogens with zero attached hydrogens (tertiary/aromatic N) is 1. The van der Waals surface area contributed by atoms with Crippen LogP contribution in [0.4, 0.5) is 0 Å². The molecule has 1 rings (SSSR count). The van der Waals surface area contributed by atoms with E-state index >= 15 is 0 Å². The third-order valence-corrected chi connectivity index (χ3v) is 3.49. The molecule has 1 N–H and O–H groups in total. The lowest BCUT2D eigenvalue weighted by Crippen LogP contribution is -2.54. The van der Waals surface area contributed by atoms with Crippen LogP contribution >= 0.6 is 0 Å². The predicted octanol–water partition coefficient (Wildman–Crippen LogP) is 0.596. The molecule has 1 aliphatic rings. The van der Waals surface area contributed by atoms with Gasteiger partial charge in [0.15, 0.2) is 0 Å². The molecule has 0 aromatic heterocycles. The molecule has 0 aromatic carbocycles. The van der Waals surface area contributed by atoms with E-state index in [9.17, 15) is 0 Å². The van der Waals surface area contributed by atoms with Gasteiger partial charge in [0.05, 0.1) is 33.0 Å². The van der Waals surface area contributed by atoms with Crippen molar-refractivity contribution in [2.75, 3.05) is 66.3 Å². The highest BCUT2D eigenvalue weighted by atomic mass is 16.5. The average Bonchev–Trinajstić information content (AvgIpc) is 2.42. The zero-order chi connectivity index (χ0) is 13.9. The highest BCUT2D eigenvalue weighted by molar-refractivity contribution is 4.81. The van der Waals surface area contributed by atoms with Crippen LogP contribution in [0.1, 0.15) is 13.8 Å². The van der Waals surface area contributed by atoms with Crippen molar-refractivity contribution in [2.45, 2.75) is 19.9 Å². The SMILES string of the molecule is COCCOCCOCCN1CCNCC1C(C)C. The van der Waals surface area contributed by atoms with Gasteiger partial charge in [0, 0.05) is 39.3 Å². The first-order valence-electron chi connectivity index (χ1n) is 7.35. The van der Waals surface area contributed by atoms with E-state index in [1.165, 1.54) is 0 Å². The highest BCUT2D eigenvalue weighted by Crippen LogP contribution is 2.12. The zero-order valence-corrected chi connectivity index (χ0v) is 12.7. The van der Waals surface area contributed by atoms with Crippen molar-refractivity contribution in [1.29, 1.82) is 0 Å². The van der Waals surface area contributed by atoms with Gasteiger partial charge in [-0.05, 0) is 5.92 Å². The molecule has 1 heterocycles. The molecule has 0 bridgehead atoms. The van der Waals surface area contributed by atoms with Crippen molar-refractivity contribution in [3.05, 3.63) is 0 Å². The molecule has 1 saturated heterocycles. The van der Waals surface area contributed by atoms with Gasteiger partial charge in [0.2, 0.25) is 0 Å². The first kappa shape index (κ1) is 16.9. The number of methoxy groups -OCH3 is 1. The summed E-state index contributed by atoms with van der Waals surface area (Å²) in [6, 6.07) is 0.635. The molecule has 1 aliphatic heterocycles.